The van der Waals surface area contributed by atoms with E-state index in [0.29, 0.717) is 0 Å². The zero-order valence-electron chi connectivity index (χ0n) is 16.1. The molecule has 0 bridgehead atoms. The average molecular weight is 410 g/mol. The van der Waals surface area contributed by atoms with Crippen LogP contribution in [-0.4, -0.2) is 43.4 Å². The summed E-state index contributed by atoms with van der Waals surface area (Å²) in [7, 11) is 0. The quantitative estimate of drug-likeness (QED) is 0.337. The van der Waals surface area contributed by atoms with Crippen molar-refractivity contribution in [1.82, 2.24) is 2.89 Å². The van der Waals surface area contributed by atoms with Crippen LogP contribution >= 0.6 is 0 Å². The molecule has 0 unspecified atom stereocenters. The maximum atomic E-state index is 4.78. The SMILES string of the molecule is CCCN=C(/C=C(/CC)[N](CCC)[In]([CH2]CC)[CH2]CC)CC. The van der Waals surface area contributed by atoms with Crippen LogP contribution in [0.25, 0.3) is 0 Å². The molecular weight excluding hydrogens is 371 g/mol. The van der Waals surface area contributed by atoms with Gasteiger partial charge in [0, 0.05) is 0 Å². The first-order valence-electron chi connectivity index (χ1n) is 9.68. The first-order valence-corrected chi connectivity index (χ1v) is 15.8. The zero-order chi connectivity index (χ0) is 16.8. The van der Waals surface area contributed by atoms with Crippen LogP contribution in [0, 0.1) is 0 Å². The molecule has 0 aliphatic rings. The Bertz CT molecular complexity index is 317. The van der Waals surface area contributed by atoms with Gasteiger partial charge in [-0.1, -0.05) is 0 Å². The van der Waals surface area contributed by atoms with Crippen molar-refractivity contribution in [2.24, 2.45) is 4.99 Å². The fraction of sp³-hybridized carbons (Fsp3) is 0.842. The van der Waals surface area contributed by atoms with Crippen LogP contribution < -0.4 is 0 Å². The third kappa shape index (κ3) is 8.64. The van der Waals surface area contributed by atoms with Gasteiger partial charge in [0.1, 0.15) is 0 Å². The molecule has 0 fully saturated rings. The number of rotatable bonds is 13. The number of hydrogen-bond donors (Lipinski definition) is 0. The standard InChI is InChI=1S/C13H25N2.2C3H7.In/c1-5-9-14-12(7-3)11-13(8-4)15-10-6-2;2*1-3-2;/h11H,5-10H2,1-4H3;2*1,3H2,2H3;/q-1;;;+1/b12-11-,15-13?;;;. The first-order chi connectivity index (χ1) is 10.7. The summed E-state index contributed by atoms with van der Waals surface area (Å²) in [5.41, 5.74) is 2.89. The summed E-state index contributed by atoms with van der Waals surface area (Å²) >= 11 is -1.61. The van der Waals surface area contributed by atoms with Gasteiger partial charge in [0.2, 0.25) is 0 Å². The Morgan fingerprint density at radius 2 is 1.50 bits per heavy atom. The van der Waals surface area contributed by atoms with Gasteiger partial charge in [-0.15, -0.1) is 0 Å². The van der Waals surface area contributed by atoms with E-state index in [9.17, 15) is 0 Å². The Labute approximate surface area is 148 Å². The van der Waals surface area contributed by atoms with Crippen LogP contribution in [0.1, 0.15) is 80.1 Å². The second-order valence-electron chi connectivity index (χ2n) is 6.14. The molecule has 128 valence electrons. The van der Waals surface area contributed by atoms with E-state index in [1.54, 1.807) is 5.70 Å². The van der Waals surface area contributed by atoms with Gasteiger partial charge < -0.3 is 0 Å². The Hall–Kier alpha value is 0.0801. The van der Waals surface area contributed by atoms with E-state index in [2.05, 4.69) is 50.5 Å². The van der Waals surface area contributed by atoms with E-state index in [-0.39, 0.29) is 0 Å². The van der Waals surface area contributed by atoms with Gasteiger partial charge in [0.25, 0.3) is 0 Å². The van der Waals surface area contributed by atoms with Crippen molar-refractivity contribution in [2.75, 3.05) is 13.1 Å². The van der Waals surface area contributed by atoms with Crippen LogP contribution in [0.2, 0.25) is 8.35 Å². The summed E-state index contributed by atoms with van der Waals surface area (Å²) in [4.78, 5) is 4.78. The normalized spacial score (nSPS) is 12.6. The summed E-state index contributed by atoms with van der Waals surface area (Å²) in [5.74, 6) is 0. The topological polar surface area (TPSA) is 15.6 Å². The molecule has 2 nitrogen and oxygen atoms in total. The first kappa shape index (κ1) is 22.1. The number of allylic oxidation sites excluding steroid dienone is 2. The van der Waals surface area contributed by atoms with Crippen molar-refractivity contribution in [3.63, 3.8) is 0 Å². The van der Waals surface area contributed by atoms with Crippen molar-refractivity contribution in [1.29, 1.82) is 0 Å². The minimum absolute atomic E-state index is 0.973. The molecule has 0 atom stereocenters. The molecule has 0 aliphatic heterocycles. The van der Waals surface area contributed by atoms with Crippen LogP contribution in [0.3, 0.4) is 0 Å². The predicted octanol–water partition coefficient (Wildman–Crippen LogP) is 6.06. The molecule has 0 radical (unpaired) electrons. The van der Waals surface area contributed by atoms with Crippen LogP contribution in [-0.2, 0) is 0 Å². The molecule has 22 heavy (non-hydrogen) atoms. The fourth-order valence-electron chi connectivity index (χ4n) is 3.02. The summed E-state index contributed by atoms with van der Waals surface area (Å²) in [5, 5.41) is 0. The van der Waals surface area contributed by atoms with E-state index < -0.39 is 21.7 Å². The van der Waals surface area contributed by atoms with Crippen molar-refractivity contribution in [3.05, 3.63) is 11.8 Å². The molecule has 0 aromatic carbocycles. The van der Waals surface area contributed by atoms with E-state index in [1.165, 1.54) is 39.9 Å². The fourth-order valence-corrected chi connectivity index (χ4v) is 13.3. The molecule has 0 amide bonds. The maximum absolute atomic E-state index is 4.78. The number of hydrogen-bond acceptors (Lipinski definition) is 2. The monoisotopic (exact) mass is 410 g/mol. The van der Waals surface area contributed by atoms with Gasteiger partial charge in [0.15, 0.2) is 0 Å². The molecule has 0 rings (SSSR count). The van der Waals surface area contributed by atoms with E-state index in [0.717, 1.165) is 25.8 Å². The summed E-state index contributed by atoms with van der Waals surface area (Å²) in [6, 6.07) is 0. The number of nitrogens with zero attached hydrogens (tertiary/aromatic N) is 2. The third-order valence-corrected chi connectivity index (χ3v) is 15.4. The Morgan fingerprint density at radius 1 is 0.864 bits per heavy atom. The van der Waals surface area contributed by atoms with Crippen LogP contribution in [0.5, 0.6) is 0 Å². The Balaban J connectivity index is 5.34. The molecule has 0 aliphatic carbocycles. The molecule has 0 aromatic heterocycles. The summed E-state index contributed by atoms with van der Waals surface area (Å²) in [6.07, 6.45) is 9.79. The molecule has 0 saturated heterocycles. The second kappa shape index (κ2) is 14.7. The van der Waals surface area contributed by atoms with Gasteiger partial charge in [-0.05, 0) is 0 Å². The van der Waals surface area contributed by atoms with Gasteiger partial charge in [0.05, 0.1) is 0 Å². The third-order valence-electron chi connectivity index (χ3n) is 4.11. The summed E-state index contributed by atoms with van der Waals surface area (Å²) in [6.45, 7) is 16.1. The van der Waals surface area contributed by atoms with Gasteiger partial charge in [-0.25, -0.2) is 0 Å². The number of aliphatic imine (C=N–C) groups is 1. The van der Waals surface area contributed by atoms with Crippen molar-refractivity contribution in [2.45, 2.75) is 88.4 Å². The Kier molecular flexibility index (Phi) is 14.7. The van der Waals surface area contributed by atoms with Crippen molar-refractivity contribution >= 4 is 27.4 Å². The molecular formula is C19H39InN2. The van der Waals surface area contributed by atoms with Crippen molar-refractivity contribution < 1.29 is 0 Å². The predicted molar refractivity (Wildman–Crippen MR) is 104 cm³/mol. The second-order valence-corrected chi connectivity index (χ2v) is 14.9. The van der Waals surface area contributed by atoms with Gasteiger partial charge >= 0.3 is 149 Å². The van der Waals surface area contributed by atoms with Crippen molar-refractivity contribution in [3.8, 4) is 0 Å². The van der Waals surface area contributed by atoms with Crippen LogP contribution in [0.15, 0.2) is 16.8 Å². The molecule has 0 spiro atoms. The summed E-state index contributed by atoms with van der Waals surface area (Å²) < 4.78 is 5.92. The molecule has 0 N–H and O–H groups in total. The van der Waals surface area contributed by atoms with E-state index in [1.807, 2.05) is 0 Å². The minimum atomic E-state index is -1.61. The van der Waals surface area contributed by atoms with Gasteiger partial charge in [-0.3, -0.25) is 0 Å². The van der Waals surface area contributed by atoms with Gasteiger partial charge in [-0.2, -0.15) is 0 Å². The molecule has 3 heteroatoms. The average Bonchev–Trinajstić information content (AvgIpc) is 2.53. The molecule has 0 aromatic rings. The van der Waals surface area contributed by atoms with E-state index in [4.69, 9.17) is 4.99 Å². The zero-order valence-corrected chi connectivity index (χ0v) is 19.4. The van der Waals surface area contributed by atoms with Crippen LogP contribution in [0.4, 0.5) is 0 Å². The Morgan fingerprint density at radius 3 is 1.91 bits per heavy atom. The molecule has 0 heterocycles. The van der Waals surface area contributed by atoms with E-state index >= 15 is 0 Å². The molecule has 0 saturated carbocycles.